The van der Waals surface area contributed by atoms with Gasteiger partial charge < -0.3 is 16.2 Å². The molecule has 0 aromatic heterocycles. The predicted octanol–water partition coefficient (Wildman–Crippen LogP) is 0.736. The highest BCUT2D eigenvalue weighted by molar-refractivity contribution is 5.50. The standard InChI is InChI=1S/C8H12N2O/c1-11-7-2-3-8(10)6(4-7)5-9/h2-4H,5,9-10H2,1H3. The molecule has 0 aliphatic rings. The maximum Gasteiger partial charge on any atom is 0.119 e. The van der Waals surface area contributed by atoms with Crippen molar-refractivity contribution in [3.8, 4) is 5.75 Å². The third kappa shape index (κ3) is 1.62. The molecule has 0 aliphatic heterocycles. The van der Waals surface area contributed by atoms with Crippen LogP contribution in [0, 0.1) is 0 Å². The number of benzene rings is 1. The summed E-state index contributed by atoms with van der Waals surface area (Å²) >= 11 is 0. The molecule has 0 spiro atoms. The van der Waals surface area contributed by atoms with Crippen molar-refractivity contribution in [1.29, 1.82) is 0 Å². The van der Waals surface area contributed by atoms with Crippen LogP contribution in [0.3, 0.4) is 0 Å². The fraction of sp³-hybridized carbons (Fsp3) is 0.250. The Morgan fingerprint density at radius 2 is 2.18 bits per heavy atom. The highest BCUT2D eigenvalue weighted by atomic mass is 16.5. The van der Waals surface area contributed by atoms with E-state index in [-0.39, 0.29) is 0 Å². The molecule has 1 rings (SSSR count). The molecule has 0 unspecified atom stereocenters. The Balaban J connectivity index is 3.02. The summed E-state index contributed by atoms with van der Waals surface area (Å²) in [7, 11) is 1.62. The monoisotopic (exact) mass is 152 g/mol. The molecule has 4 N–H and O–H groups in total. The quantitative estimate of drug-likeness (QED) is 0.614. The molecule has 1 aromatic carbocycles. The number of rotatable bonds is 2. The predicted molar refractivity (Wildman–Crippen MR) is 45.3 cm³/mol. The zero-order valence-electron chi connectivity index (χ0n) is 6.50. The molecule has 0 aliphatic carbocycles. The summed E-state index contributed by atoms with van der Waals surface area (Å²) in [5.41, 5.74) is 12.7. The van der Waals surface area contributed by atoms with E-state index in [1.54, 1.807) is 13.2 Å². The van der Waals surface area contributed by atoms with Gasteiger partial charge in [-0.1, -0.05) is 0 Å². The molecular formula is C8H12N2O. The molecule has 11 heavy (non-hydrogen) atoms. The Kier molecular flexibility index (Phi) is 2.33. The second-order valence-electron chi connectivity index (χ2n) is 2.27. The van der Waals surface area contributed by atoms with Gasteiger partial charge in [0.05, 0.1) is 7.11 Å². The van der Waals surface area contributed by atoms with Crippen molar-refractivity contribution in [1.82, 2.24) is 0 Å². The van der Waals surface area contributed by atoms with Gasteiger partial charge in [0.1, 0.15) is 5.75 Å². The van der Waals surface area contributed by atoms with Crippen molar-refractivity contribution >= 4 is 5.69 Å². The van der Waals surface area contributed by atoms with Gasteiger partial charge in [-0.05, 0) is 23.8 Å². The molecule has 0 saturated carbocycles. The van der Waals surface area contributed by atoms with Crippen molar-refractivity contribution in [3.63, 3.8) is 0 Å². The van der Waals surface area contributed by atoms with Gasteiger partial charge in [-0.15, -0.1) is 0 Å². The minimum Gasteiger partial charge on any atom is -0.497 e. The number of nitrogen functional groups attached to an aromatic ring is 1. The topological polar surface area (TPSA) is 61.3 Å². The van der Waals surface area contributed by atoms with Gasteiger partial charge in [0.2, 0.25) is 0 Å². The van der Waals surface area contributed by atoms with Crippen LogP contribution < -0.4 is 16.2 Å². The summed E-state index contributed by atoms with van der Waals surface area (Å²) in [6.45, 7) is 0.447. The first-order valence-electron chi connectivity index (χ1n) is 3.40. The molecule has 0 atom stereocenters. The second kappa shape index (κ2) is 3.25. The maximum absolute atomic E-state index is 5.62. The van der Waals surface area contributed by atoms with Crippen LogP contribution in [0.25, 0.3) is 0 Å². The average Bonchev–Trinajstić information content (AvgIpc) is 2.05. The van der Waals surface area contributed by atoms with Crippen LogP contribution in [-0.4, -0.2) is 7.11 Å². The van der Waals surface area contributed by atoms with E-state index >= 15 is 0 Å². The van der Waals surface area contributed by atoms with E-state index in [0.717, 1.165) is 11.3 Å². The van der Waals surface area contributed by atoms with Gasteiger partial charge in [0.15, 0.2) is 0 Å². The summed E-state index contributed by atoms with van der Waals surface area (Å²) in [6.07, 6.45) is 0. The van der Waals surface area contributed by atoms with E-state index in [1.165, 1.54) is 0 Å². The number of hydrogen-bond acceptors (Lipinski definition) is 3. The lowest BCUT2D eigenvalue weighted by Gasteiger charge is -2.04. The normalized spacial score (nSPS) is 9.64. The van der Waals surface area contributed by atoms with Crippen LogP contribution in [0.15, 0.2) is 18.2 Å². The number of methoxy groups -OCH3 is 1. The number of ether oxygens (including phenoxy) is 1. The summed E-state index contributed by atoms with van der Waals surface area (Å²) in [5, 5.41) is 0. The van der Waals surface area contributed by atoms with Gasteiger partial charge in [-0.2, -0.15) is 0 Å². The molecular weight excluding hydrogens is 140 g/mol. The van der Waals surface area contributed by atoms with Crippen LogP contribution in [-0.2, 0) is 6.54 Å². The van der Waals surface area contributed by atoms with Crippen molar-refractivity contribution in [2.24, 2.45) is 5.73 Å². The summed E-state index contributed by atoms with van der Waals surface area (Å²) in [6, 6.07) is 5.45. The van der Waals surface area contributed by atoms with Crippen molar-refractivity contribution in [2.75, 3.05) is 12.8 Å². The molecule has 0 heterocycles. The van der Waals surface area contributed by atoms with Crippen molar-refractivity contribution < 1.29 is 4.74 Å². The number of anilines is 1. The highest BCUT2D eigenvalue weighted by Crippen LogP contribution is 2.18. The molecule has 3 nitrogen and oxygen atoms in total. The minimum atomic E-state index is 0.447. The Hall–Kier alpha value is -1.22. The van der Waals surface area contributed by atoms with Crippen LogP contribution >= 0.6 is 0 Å². The van der Waals surface area contributed by atoms with E-state index in [1.807, 2.05) is 12.1 Å². The van der Waals surface area contributed by atoms with Gasteiger partial charge in [-0.25, -0.2) is 0 Å². The molecule has 3 heteroatoms. The fourth-order valence-corrected chi connectivity index (χ4v) is 0.886. The smallest absolute Gasteiger partial charge is 0.119 e. The van der Waals surface area contributed by atoms with E-state index < -0.39 is 0 Å². The fourth-order valence-electron chi connectivity index (χ4n) is 0.886. The van der Waals surface area contributed by atoms with Gasteiger partial charge >= 0.3 is 0 Å². The van der Waals surface area contributed by atoms with Crippen molar-refractivity contribution in [3.05, 3.63) is 23.8 Å². The van der Waals surface area contributed by atoms with E-state index in [2.05, 4.69) is 0 Å². The third-order valence-electron chi connectivity index (χ3n) is 1.57. The van der Waals surface area contributed by atoms with E-state index in [0.29, 0.717) is 12.2 Å². The minimum absolute atomic E-state index is 0.447. The SMILES string of the molecule is COc1ccc(N)c(CN)c1. The van der Waals surface area contributed by atoms with Gasteiger partial charge in [0.25, 0.3) is 0 Å². The third-order valence-corrected chi connectivity index (χ3v) is 1.57. The van der Waals surface area contributed by atoms with Crippen molar-refractivity contribution in [2.45, 2.75) is 6.54 Å². The Morgan fingerprint density at radius 3 is 2.73 bits per heavy atom. The molecule has 0 saturated heterocycles. The molecule has 60 valence electrons. The highest BCUT2D eigenvalue weighted by Gasteiger charge is 1.97. The number of nitrogens with two attached hydrogens (primary N) is 2. The van der Waals surface area contributed by atoms with Crippen LogP contribution in [0.1, 0.15) is 5.56 Å². The first-order valence-corrected chi connectivity index (χ1v) is 3.40. The Bertz CT molecular complexity index is 248. The van der Waals surface area contributed by atoms with Crippen LogP contribution in [0.2, 0.25) is 0 Å². The first kappa shape index (κ1) is 7.88. The summed E-state index contributed by atoms with van der Waals surface area (Å²) in [4.78, 5) is 0. The molecule has 0 bridgehead atoms. The Morgan fingerprint density at radius 1 is 1.45 bits per heavy atom. The molecule has 1 aromatic rings. The van der Waals surface area contributed by atoms with Crippen LogP contribution in [0.4, 0.5) is 5.69 Å². The molecule has 0 radical (unpaired) electrons. The first-order chi connectivity index (χ1) is 5.27. The summed E-state index contributed by atoms with van der Waals surface area (Å²) in [5.74, 6) is 0.791. The molecule has 0 amide bonds. The van der Waals surface area contributed by atoms with Gasteiger partial charge in [-0.3, -0.25) is 0 Å². The zero-order valence-corrected chi connectivity index (χ0v) is 6.50. The lowest BCUT2D eigenvalue weighted by Crippen LogP contribution is -2.01. The largest absolute Gasteiger partial charge is 0.497 e. The maximum atomic E-state index is 5.62. The average molecular weight is 152 g/mol. The summed E-state index contributed by atoms with van der Waals surface area (Å²) < 4.78 is 5.00. The zero-order chi connectivity index (χ0) is 8.27. The molecule has 0 fully saturated rings. The Labute approximate surface area is 66.0 Å². The lowest BCUT2D eigenvalue weighted by molar-refractivity contribution is 0.414. The van der Waals surface area contributed by atoms with E-state index in [9.17, 15) is 0 Å². The number of hydrogen-bond donors (Lipinski definition) is 2. The van der Waals surface area contributed by atoms with Crippen LogP contribution in [0.5, 0.6) is 5.75 Å². The van der Waals surface area contributed by atoms with Gasteiger partial charge in [0, 0.05) is 12.2 Å². The lowest BCUT2D eigenvalue weighted by atomic mass is 10.2. The second-order valence-corrected chi connectivity index (χ2v) is 2.27. The van der Waals surface area contributed by atoms with E-state index in [4.69, 9.17) is 16.2 Å².